The Morgan fingerprint density at radius 2 is 0.235 bits per heavy atom. The lowest BCUT2D eigenvalue weighted by Crippen LogP contribution is -2.16. The average Bonchev–Trinajstić information content (AvgIpc) is 3.35. The molecule has 410 valence electrons. The molecule has 0 aromatic carbocycles. The van der Waals surface area contributed by atoms with Gasteiger partial charge in [0.15, 0.2) is 0 Å². The molecule has 0 saturated heterocycles. The van der Waals surface area contributed by atoms with Crippen LogP contribution in [0.15, 0.2) is 0 Å². The van der Waals surface area contributed by atoms with Gasteiger partial charge in [-0.2, -0.15) is 0 Å². The second-order valence-corrected chi connectivity index (χ2v) is 13.6. The molecule has 0 saturated carbocycles. The van der Waals surface area contributed by atoms with E-state index in [2.05, 4.69) is 0 Å². The summed E-state index contributed by atoms with van der Waals surface area (Å²) in [5.74, 6) is 0. The summed E-state index contributed by atoms with van der Waals surface area (Å²) in [5.41, 5.74) is 0. The van der Waals surface area contributed by atoms with E-state index in [1.54, 1.807) is 7.11 Å². The summed E-state index contributed by atoms with van der Waals surface area (Å²) in [6.45, 7) is 21.4. The van der Waals surface area contributed by atoms with Crippen molar-refractivity contribution in [3.05, 3.63) is 0 Å². The molecular weight excluding hydrogens is 908 g/mol. The summed E-state index contributed by atoms with van der Waals surface area (Å²) in [6, 6.07) is 0. The van der Waals surface area contributed by atoms with E-state index in [-0.39, 0.29) is 6.61 Å². The molecule has 0 bridgehead atoms. The fourth-order valence-electron chi connectivity index (χ4n) is 4.71. The van der Waals surface area contributed by atoms with Crippen molar-refractivity contribution < 1.29 is 109 Å². The molecule has 0 amide bonds. The molecule has 0 spiro atoms. The first-order valence-corrected chi connectivity index (χ1v) is 24.1. The minimum Gasteiger partial charge on any atom is -0.394 e. The van der Waals surface area contributed by atoms with Gasteiger partial charge in [0.05, 0.1) is 291 Å². The van der Waals surface area contributed by atoms with Gasteiger partial charge in [0, 0.05) is 7.11 Å². The Bertz CT molecular complexity index is 795. The van der Waals surface area contributed by atoms with Crippen LogP contribution in [0.1, 0.15) is 0 Å². The van der Waals surface area contributed by atoms with Gasteiger partial charge in [0.25, 0.3) is 0 Å². The van der Waals surface area contributed by atoms with Gasteiger partial charge in [-0.05, 0) is 0 Å². The number of hydrogen-bond acceptors (Lipinski definition) is 23. The van der Waals surface area contributed by atoms with Crippen LogP contribution in [0.3, 0.4) is 0 Å². The molecule has 0 aliphatic heterocycles. The Morgan fingerprint density at radius 1 is 0.147 bits per heavy atom. The molecule has 23 nitrogen and oxygen atoms in total. The van der Waals surface area contributed by atoms with Crippen LogP contribution in [0.25, 0.3) is 0 Å². The zero-order valence-electron chi connectivity index (χ0n) is 41.5. The van der Waals surface area contributed by atoms with Crippen molar-refractivity contribution in [2.24, 2.45) is 0 Å². The number of rotatable bonds is 65. The molecule has 1 N–H and O–H groups in total. The van der Waals surface area contributed by atoms with E-state index in [1.165, 1.54) is 0 Å². The van der Waals surface area contributed by atoms with Crippen molar-refractivity contribution in [2.45, 2.75) is 0 Å². The summed E-state index contributed by atoms with van der Waals surface area (Å²) in [5, 5.41) is 8.60. The SMILES string of the molecule is COCCOCCOCCOCCOCCOCCOCCOCCOCCOCCOCCOCCOCCOCCOCCOCCOCCOCCOCCOCCOCCOCCO. The largest absolute Gasteiger partial charge is 0.394 e. The standard InChI is InChI=1S/C45H92O23/c1-47-4-5-49-8-9-51-12-13-53-16-17-55-20-21-57-24-25-59-28-29-61-32-33-63-36-37-65-40-41-67-44-45-68-43-42-66-39-38-64-35-34-62-31-30-60-27-26-58-23-22-56-19-18-54-15-14-52-11-10-50-7-6-48-3-2-46/h46H,2-45H2,1H3. The van der Waals surface area contributed by atoms with Gasteiger partial charge < -0.3 is 109 Å². The van der Waals surface area contributed by atoms with Crippen molar-refractivity contribution in [3.63, 3.8) is 0 Å². The number of ether oxygens (including phenoxy) is 22. The third-order valence-electron chi connectivity index (χ3n) is 8.11. The van der Waals surface area contributed by atoms with E-state index in [4.69, 9.17) is 109 Å². The molecule has 0 fully saturated rings. The molecule has 0 unspecified atom stereocenters. The van der Waals surface area contributed by atoms with Crippen LogP contribution in [0.4, 0.5) is 0 Å². The normalized spacial score (nSPS) is 11.7. The minimum atomic E-state index is 0.0192. The number of hydrogen-bond donors (Lipinski definition) is 1. The van der Waals surface area contributed by atoms with Gasteiger partial charge >= 0.3 is 0 Å². The Hall–Kier alpha value is -0.920. The van der Waals surface area contributed by atoms with Crippen LogP contribution < -0.4 is 0 Å². The predicted octanol–water partition coefficient (Wildman–Crippen LogP) is -0.0263. The van der Waals surface area contributed by atoms with Crippen molar-refractivity contribution >= 4 is 0 Å². The zero-order valence-corrected chi connectivity index (χ0v) is 41.5. The topological polar surface area (TPSA) is 223 Å². The molecule has 68 heavy (non-hydrogen) atoms. The zero-order chi connectivity index (χ0) is 48.7. The Balaban J connectivity index is 3.07. The third-order valence-corrected chi connectivity index (χ3v) is 8.11. The summed E-state index contributed by atoms with van der Waals surface area (Å²) in [6.07, 6.45) is 0. The molecule has 23 heteroatoms. The summed E-state index contributed by atoms with van der Waals surface area (Å²) < 4.78 is 119. The molecule has 0 aromatic rings. The average molecular weight is 1000 g/mol. The maximum absolute atomic E-state index is 8.60. The predicted molar refractivity (Wildman–Crippen MR) is 246 cm³/mol. The van der Waals surface area contributed by atoms with E-state index in [1.807, 2.05) is 0 Å². The van der Waals surface area contributed by atoms with E-state index in [0.29, 0.717) is 284 Å². The monoisotopic (exact) mass is 1000 g/mol. The lowest BCUT2D eigenvalue weighted by Gasteiger charge is -2.09. The van der Waals surface area contributed by atoms with E-state index >= 15 is 0 Å². The highest BCUT2D eigenvalue weighted by Crippen LogP contribution is 1.90. The van der Waals surface area contributed by atoms with Crippen LogP contribution in [0, 0.1) is 0 Å². The second-order valence-electron chi connectivity index (χ2n) is 13.6. The van der Waals surface area contributed by atoms with Crippen LogP contribution in [-0.2, 0) is 104 Å². The van der Waals surface area contributed by atoms with Gasteiger partial charge in [-0.1, -0.05) is 0 Å². The molecule has 0 aliphatic carbocycles. The first-order chi connectivity index (χ1) is 33.9. The first-order valence-electron chi connectivity index (χ1n) is 24.1. The van der Waals surface area contributed by atoms with Gasteiger partial charge in [-0.15, -0.1) is 0 Å². The summed E-state index contributed by atoms with van der Waals surface area (Å²) in [4.78, 5) is 0. The number of aliphatic hydroxyl groups is 1. The van der Waals surface area contributed by atoms with E-state index in [0.717, 1.165) is 0 Å². The lowest BCUT2D eigenvalue weighted by atomic mass is 10.6. The number of aliphatic hydroxyl groups excluding tert-OH is 1. The van der Waals surface area contributed by atoms with Crippen LogP contribution in [0.5, 0.6) is 0 Å². The van der Waals surface area contributed by atoms with Gasteiger partial charge in [-0.3, -0.25) is 0 Å². The van der Waals surface area contributed by atoms with Crippen molar-refractivity contribution in [3.8, 4) is 0 Å². The third kappa shape index (κ3) is 65.1. The highest BCUT2D eigenvalue weighted by atomic mass is 16.6. The highest BCUT2D eigenvalue weighted by molar-refractivity contribution is 4.42. The number of methoxy groups -OCH3 is 1. The van der Waals surface area contributed by atoms with Gasteiger partial charge in [-0.25, -0.2) is 0 Å². The van der Waals surface area contributed by atoms with E-state index < -0.39 is 0 Å². The smallest absolute Gasteiger partial charge is 0.0701 e. The lowest BCUT2D eigenvalue weighted by molar-refractivity contribution is -0.0317. The van der Waals surface area contributed by atoms with Gasteiger partial charge in [0.1, 0.15) is 0 Å². The molecule has 0 radical (unpaired) electrons. The molecule has 0 atom stereocenters. The van der Waals surface area contributed by atoms with Crippen molar-refractivity contribution in [2.75, 3.05) is 298 Å². The Morgan fingerprint density at radius 3 is 0.324 bits per heavy atom. The van der Waals surface area contributed by atoms with Crippen LogP contribution >= 0.6 is 0 Å². The van der Waals surface area contributed by atoms with Crippen molar-refractivity contribution in [1.29, 1.82) is 0 Å². The fourth-order valence-corrected chi connectivity index (χ4v) is 4.71. The quantitative estimate of drug-likeness (QED) is 0.0791. The van der Waals surface area contributed by atoms with Crippen molar-refractivity contribution in [1.82, 2.24) is 0 Å². The van der Waals surface area contributed by atoms with Crippen LogP contribution in [-0.4, -0.2) is 303 Å². The van der Waals surface area contributed by atoms with Crippen LogP contribution in [0.2, 0.25) is 0 Å². The minimum absolute atomic E-state index is 0.0192. The maximum Gasteiger partial charge on any atom is 0.0701 e. The molecule has 0 rings (SSSR count). The fraction of sp³-hybridized carbons (Fsp3) is 1.00. The maximum atomic E-state index is 8.60. The Labute approximate surface area is 406 Å². The van der Waals surface area contributed by atoms with E-state index in [9.17, 15) is 0 Å². The molecule has 0 aromatic heterocycles. The summed E-state index contributed by atoms with van der Waals surface area (Å²) in [7, 11) is 1.64. The highest BCUT2D eigenvalue weighted by Gasteiger charge is 1.99. The summed E-state index contributed by atoms with van der Waals surface area (Å²) >= 11 is 0. The second kappa shape index (κ2) is 66.1. The van der Waals surface area contributed by atoms with Gasteiger partial charge in [0.2, 0.25) is 0 Å². The Kier molecular flexibility index (Phi) is 65.2. The molecule has 0 heterocycles. The molecular formula is C45H92O23. The first kappa shape index (κ1) is 67.1. The molecule has 0 aliphatic rings.